The number of allylic oxidation sites excluding steroid dienone is 2. The van der Waals surface area contributed by atoms with E-state index in [4.69, 9.17) is 0 Å². The Labute approximate surface area is 62.2 Å². The van der Waals surface area contributed by atoms with Crippen molar-refractivity contribution in [1.82, 2.24) is 0 Å². The number of rotatable bonds is 1. The summed E-state index contributed by atoms with van der Waals surface area (Å²) in [6.07, 6.45) is 4.34. The lowest BCUT2D eigenvalue weighted by Crippen LogP contribution is -1.82. The van der Waals surface area contributed by atoms with Crippen LogP contribution in [0.1, 0.15) is 0 Å². The molecule has 0 aliphatic carbocycles. The van der Waals surface area contributed by atoms with Crippen molar-refractivity contribution < 1.29 is 0 Å². The Morgan fingerprint density at radius 3 is 3.00 bits per heavy atom. The molecule has 0 aromatic rings. The van der Waals surface area contributed by atoms with Crippen molar-refractivity contribution in [2.45, 2.75) is 0 Å². The number of halogens is 1. The number of hydrogen-bond acceptors (Lipinski definition) is 1. The molecule has 0 unspecified atom stereocenters. The summed E-state index contributed by atoms with van der Waals surface area (Å²) < 4.78 is 0. The van der Waals surface area contributed by atoms with Gasteiger partial charge in [-0.25, -0.2) is 0 Å². The zero-order valence-electron chi connectivity index (χ0n) is 4.43. The van der Waals surface area contributed by atoms with Gasteiger partial charge in [0.25, 0.3) is 0 Å². The molecule has 1 rings (SSSR count). The van der Waals surface area contributed by atoms with Gasteiger partial charge >= 0.3 is 0 Å². The third-order valence-corrected chi connectivity index (χ3v) is 2.42. The second kappa shape index (κ2) is 3.36. The van der Waals surface area contributed by atoms with E-state index in [1.165, 1.54) is 5.57 Å². The summed E-state index contributed by atoms with van der Waals surface area (Å²) in [5, 5.41) is 3.17. The molecule has 1 aliphatic heterocycles. The van der Waals surface area contributed by atoms with E-state index in [9.17, 15) is 0 Å². The van der Waals surface area contributed by atoms with Crippen molar-refractivity contribution in [3.05, 3.63) is 23.1 Å². The molecule has 0 nitrogen and oxygen atoms in total. The van der Waals surface area contributed by atoms with Crippen LogP contribution in [0, 0.1) is 0 Å². The highest BCUT2D eigenvalue weighted by atomic mass is 79.9. The number of hydrogen-bond donors (Lipinski definition) is 0. The molecule has 0 bridgehead atoms. The summed E-state index contributed by atoms with van der Waals surface area (Å²) in [5.41, 5.74) is 1.38. The number of thioether (sulfide) groups is 1. The van der Waals surface area contributed by atoms with Crippen LogP contribution in [0.25, 0.3) is 0 Å². The summed E-state index contributed by atoms with van der Waals surface area (Å²) in [7, 11) is 0. The fraction of sp³-hybridized carbons (Fsp3) is 0.333. The SMILES string of the molecule is BrCC1=CSCC=C1. The zero-order chi connectivity index (χ0) is 5.82. The van der Waals surface area contributed by atoms with Gasteiger partial charge in [-0.2, -0.15) is 0 Å². The summed E-state index contributed by atoms with van der Waals surface area (Å²) in [6, 6.07) is 0. The molecule has 0 radical (unpaired) electrons. The van der Waals surface area contributed by atoms with Crippen LogP contribution in [-0.2, 0) is 0 Å². The van der Waals surface area contributed by atoms with E-state index in [0.29, 0.717) is 0 Å². The Morgan fingerprint density at radius 2 is 2.62 bits per heavy atom. The van der Waals surface area contributed by atoms with E-state index in [0.717, 1.165) is 11.1 Å². The normalized spacial score (nSPS) is 18.4. The Bertz CT molecular complexity index is 126. The van der Waals surface area contributed by atoms with E-state index in [1.54, 1.807) is 0 Å². The molecular weight excluding hydrogens is 184 g/mol. The molecule has 0 saturated carbocycles. The minimum absolute atomic E-state index is 0.983. The summed E-state index contributed by atoms with van der Waals surface area (Å²) in [4.78, 5) is 0. The van der Waals surface area contributed by atoms with E-state index in [-0.39, 0.29) is 0 Å². The highest BCUT2D eigenvalue weighted by molar-refractivity contribution is 9.09. The van der Waals surface area contributed by atoms with Gasteiger partial charge in [-0.1, -0.05) is 28.1 Å². The van der Waals surface area contributed by atoms with Gasteiger partial charge in [0.2, 0.25) is 0 Å². The third-order valence-electron chi connectivity index (χ3n) is 0.913. The zero-order valence-corrected chi connectivity index (χ0v) is 6.83. The first-order valence-corrected chi connectivity index (χ1v) is 4.63. The predicted molar refractivity (Wildman–Crippen MR) is 43.5 cm³/mol. The minimum Gasteiger partial charge on any atom is -0.130 e. The largest absolute Gasteiger partial charge is 0.130 e. The highest BCUT2D eigenvalue weighted by Gasteiger charge is 1.92. The van der Waals surface area contributed by atoms with Crippen LogP contribution < -0.4 is 0 Å². The van der Waals surface area contributed by atoms with Crippen LogP contribution in [-0.4, -0.2) is 11.1 Å². The first-order valence-electron chi connectivity index (χ1n) is 2.46. The Hall–Kier alpha value is 0.310. The average molecular weight is 191 g/mol. The molecule has 0 N–H and O–H groups in total. The molecule has 2 heteroatoms. The van der Waals surface area contributed by atoms with Crippen LogP contribution in [0.5, 0.6) is 0 Å². The van der Waals surface area contributed by atoms with Crippen molar-refractivity contribution in [2.24, 2.45) is 0 Å². The van der Waals surface area contributed by atoms with E-state index >= 15 is 0 Å². The summed E-state index contributed by atoms with van der Waals surface area (Å²) in [6.45, 7) is 0. The molecular formula is C6H7BrS. The quantitative estimate of drug-likeness (QED) is 0.574. The maximum Gasteiger partial charge on any atom is 0.0288 e. The molecule has 1 heterocycles. The second-order valence-electron chi connectivity index (χ2n) is 1.56. The first kappa shape index (κ1) is 6.43. The van der Waals surface area contributed by atoms with Gasteiger partial charge < -0.3 is 0 Å². The van der Waals surface area contributed by atoms with Crippen molar-refractivity contribution in [1.29, 1.82) is 0 Å². The Balaban J connectivity index is 2.51. The lowest BCUT2D eigenvalue weighted by atomic mass is 10.3. The highest BCUT2D eigenvalue weighted by Crippen LogP contribution is 2.15. The average Bonchev–Trinajstić information content (AvgIpc) is 1.90. The first-order chi connectivity index (χ1) is 3.93. The van der Waals surface area contributed by atoms with Crippen LogP contribution in [0.2, 0.25) is 0 Å². The molecule has 8 heavy (non-hydrogen) atoms. The molecule has 0 aromatic heterocycles. The van der Waals surface area contributed by atoms with Crippen LogP contribution in [0.3, 0.4) is 0 Å². The van der Waals surface area contributed by atoms with Crippen LogP contribution in [0.15, 0.2) is 23.1 Å². The van der Waals surface area contributed by atoms with Gasteiger partial charge in [0.15, 0.2) is 0 Å². The third kappa shape index (κ3) is 1.67. The maximum atomic E-state index is 3.38. The second-order valence-corrected chi connectivity index (χ2v) is 3.03. The van der Waals surface area contributed by atoms with Gasteiger partial charge in [-0.3, -0.25) is 0 Å². The lowest BCUT2D eigenvalue weighted by molar-refractivity contribution is 1.55. The van der Waals surface area contributed by atoms with Crippen molar-refractivity contribution in [3.8, 4) is 0 Å². The fourth-order valence-corrected chi connectivity index (χ4v) is 1.77. The van der Waals surface area contributed by atoms with Gasteiger partial charge in [0, 0.05) is 11.1 Å². The van der Waals surface area contributed by atoms with Crippen molar-refractivity contribution in [2.75, 3.05) is 11.1 Å². The van der Waals surface area contributed by atoms with Crippen molar-refractivity contribution in [3.63, 3.8) is 0 Å². The van der Waals surface area contributed by atoms with Crippen LogP contribution in [0.4, 0.5) is 0 Å². The molecule has 44 valence electrons. The molecule has 1 aliphatic rings. The van der Waals surface area contributed by atoms with E-state index in [2.05, 4.69) is 33.5 Å². The van der Waals surface area contributed by atoms with Gasteiger partial charge in [-0.05, 0) is 11.0 Å². The molecule has 0 fully saturated rings. The van der Waals surface area contributed by atoms with Gasteiger partial charge in [0.1, 0.15) is 0 Å². The minimum atomic E-state index is 0.983. The lowest BCUT2D eigenvalue weighted by Gasteiger charge is -1.99. The molecule has 0 aromatic carbocycles. The molecule has 0 saturated heterocycles. The summed E-state index contributed by atoms with van der Waals surface area (Å²) in [5.74, 6) is 1.14. The standard InChI is InChI=1S/C6H7BrS/c7-4-6-2-1-3-8-5-6/h1-2,5H,3-4H2. The molecule has 0 atom stereocenters. The topological polar surface area (TPSA) is 0 Å². The fourth-order valence-electron chi connectivity index (χ4n) is 0.526. The van der Waals surface area contributed by atoms with Crippen LogP contribution >= 0.6 is 27.7 Å². The monoisotopic (exact) mass is 190 g/mol. The summed E-state index contributed by atoms with van der Waals surface area (Å²) >= 11 is 5.23. The Kier molecular flexibility index (Phi) is 2.70. The van der Waals surface area contributed by atoms with E-state index < -0.39 is 0 Å². The maximum absolute atomic E-state index is 3.38. The molecule has 0 spiro atoms. The predicted octanol–water partition coefficient (Wildman–Crippen LogP) is 2.57. The number of alkyl halides is 1. The molecule has 0 amide bonds. The van der Waals surface area contributed by atoms with Gasteiger partial charge in [0.05, 0.1) is 0 Å². The van der Waals surface area contributed by atoms with Gasteiger partial charge in [-0.15, -0.1) is 11.8 Å². The van der Waals surface area contributed by atoms with Crippen molar-refractivity contribution >= 4 is 27.7 Å². The Morgan fingerprint density at radius 1 is 1.75 bits per heavy atom. The smallest absolute Gasteiger partial charge is 0.0288 e. The van der Waals surface area contributed by atoms with E-state index in [1.807, 2.05) is 11.8 Å².